The van der Waals surface area contributed by atoms with Gasteiger partial charge >= 0.3 is 0 Å². The Morgan fingerprint density at radius 3 is 2.36 bits per heavy atom. The number of nitrogens with two attached hydrogens (primary N) is 2. The van der Waals surface area contributed by atoms with Crippen molar-refractivity contribution in [3.8, 4) is 0 Å². The zero-order valence-corrected chi connectivity index (χ0v) is 7.21. The minimum Gasteiger partial charge on any atom is -0.387 e. The predicted octanol–water partition coefficient (Wildman–Crippen LogP) is -0.592. The molecule has 0 aliphatic heterocycles. The van der Waals surface area contributed by atoms with Crippen molar-refractivity contribution in [1.29, 1.82) is 0 Å². The molecule has 0 aromatic carbocycles. The summed E-state index contributed by atoms with van der Waals surface area (Å²) in [6.45, 7) is 4.46. The number of aliphatic hydroxyl groups excluding tert-OH is 1. The Labute approximate surface area is 67.5 Å². The van der Waals surface area contributed by atoms with E-state index in [1.165, 1.54) is 0 Å². The van der Waals surface area contributed by atoms with E-state index in [0.29, 0.717) is 13.0 Å². The summed E-state index contributed by atoms with van der Waals surface area (Å²) in [6.07, 6.45) is -0.256. The Morgan fingerprint density at radius 2 is 2.00 bits per heavy atom. The lowest BCUT2D eigenvalue weighted by atomic mass is 10.0. The molecule has 0 aliphatic carbocycles. The Kier molecular flexibility index (Phi) is 4.60. The van der Waals surface area contributed by atoms with E-state index in [1.807, 2.05) is 13.8 Å². The molecule has 0 rings (SSSR count). The lowest BCUT2D eigenvalue weighted by Gasteiger charge is -2.28. The first-order chi connectivity index (χ1) is 5.04. The van der Waals surface area contributed by atoms with Gasteiger partial charge in [0.05, 0.1) is 12.3 Å². The fourth-order valence-electron chi connectivity index (χ4n) is 0.620. The molecule has 0 aromatic rings. The van der Waals surface area contributed by atoms with Crippen molar-refractivity contribution in [1.82, 2.24) is 0 Å². The van der Waals surface area contributed by atoms with E-state index in [1.54, 1.807) is 0 Å². The Balaban J connectivity index is 3.71. The van der Waals surface area contributed by atoms with Crippen LogP contribution in [-0.2, 0) is 4.74 Å². The summed E-state index contributed by atoms with van der Waals surface area (Å²) in [5, 5.41) is 9.33. The standard InChI is InChI=1S/C7H18N2O2/c1-3-7(8,9)6(10)5-11-4-2/h6,10H,3-5,8-9H2,1-2H3. The highest BCUT2D eigenvalue weighted by molar-refractivity contribution is 4.83. The van der Waals surface area contributed by atoms with Crippen LogP contribution in [0.4, 0.5) is 0 Å². The second kappa shape index (κ2) is 4.66. The third-order valence-electron chi connectivity index (χ3n) is 1.71. The van der Waals surface area contributed by atoms with Gasteiger partial charge in [-0.15, -0.1) is 0 Å². The minimum absolute atomic E-state index is 0.206. The van der Waals surface area contributed by atoms with Crippen LogP contribution >= 0.6 is 0 Å². The van der Waals surface area contributed by atoms with Gasteiger partial charge in [-0.3, -0.25) is 0 Å². The highest BCUT2D eigenvalue weighted by Gasteiger charge is 2.26. The van der Waals surface area contributed by atoms with Crippen LogP contribution in [-0.4, -0.2) is 30.1 Å². The van der Waals surface area contributed by atoms with Crippen LogP contribution in [0.1, 0.15) is 20.3 Å². The van der Waals surface area contributed by atoms with Gasteiger partial charge in [0.25, 0.3) is 0 Å². The zero-order chi connectivity index (χ0) is 8.91. The molecule has 5 N–H and O–H groups in total. The van der Waals surface area contributed by atoms with Crippen molar-refractivity contribution < 1.29 is 9.84 Å². The van der Waals surface area contributed by atoms with Crippen LogP contribution < -0.4 is 11.5 Å². The van der Waals surface area contributed by atoms with Crippen molar-refractivity contribution in [2.75, 3.05) is 13.2 Å². The van der Waals surface area contributed by atoms with Crippen LogP contribution in [0, 0.1) is 0 Å². The first-order valence-corrected chi connectivity index (χ1v) is 3.88. The van der Waals surface area contributed by atoms with Gasteiger partial charge in [0.2, 0.25) is 0 Å². The van der Waals surface area contributed by atoms with Gasteiger partial charge in [0, 0.05) is 6.61 Å². The molecule has 0 fully saturated rings. The van der Waals surface area contributed by atoms with Gasteiger partial charge in [-0.1, -0.05) is 6.92 Å². The van der Waals surface area contributed by atoms with E-state index in [4.69, 9.17) is 16.2 Å². The largest absolute Gasteiger partial charge is 0.387 e. The molecule has 0 aromatic heterocycles. The molecule has 0 radical (unpaired) electrons. The number of ether oxygens (including phenoxy) is 1. The van der Waals surface area contributed by atoms with Gasteiger partial charge in [0.15, 0.2) is 0 Å². The average Bonchev–Trinajstić information content (AvgIpc) is 2.00. The fourth-order valence-corrected chi connectivity index (χ4v) is 0.620. The van der Waals surface area contributed by atoms with E-state index in [2.05, 4.69) is 0 Å². The Bertz CT molecular complexity index is 107. The van der Waals surface area contributed by atoms with E-state index < -0.39 is 11.8 Å². The molecule has 4 nitrogen and oxygen atoms in total. The molecular formula is C7H18N2O2. The zero-order valence-electron chi connectivity index (χ0n) is 7.21. The van der Waals surface area contributed by atoms with Crippen LogP contribution in [0.5, 0.6) is 0 Å². The quantitative estimate of drug-likeness (QED) is 0.472. The van der Waals surface area contributed by atoms with Gasteiger partial charge in [0.1, 0.15) is 6.10 Å². The van der Waals surface area contributed by atoms with Crippen LogP contribution in [0.25, 0.3) is 0 Å². The second-order valence-electron chi connectivity index (χ2n) is 2.64. The lowest BCUT2D eigenvalue weighted by Crippen LogP contribution is -2.59. The summed E-state index contributed by atoms with van der Waals surface area (Å²) in [6, 6.07) is 0. The van der Waals surface area contributed by atoms with Crippen LogP contribution in [0.2, 0.25) is 0 Å². The van der Waals surface area contributed by atoms with E-state index >= 15 is 0 Å². The number of hydrogen-bond acceptors (Lipinski definition) is 4. The van der Waals surface area contributed by atoms with E-state index in [0.717, 1.165) is 0 Å². The molecular weight excluding hydrogens is 144 g/mol. The molecule has 1 atom stereocenters. The van der Waals surface area contributed by atoms with Crippen molar-refractivity contribution >= 4 is 0 Å². The molecule has 0 amide bonds. The van der Waals surface area contributed by atoms with Gasteiger partial charge in [-0.25, -0.2) is 0 Å². The Hall–Kier alpha value is -0.160. The number of rotatable bonds is 5. The first kappa shape index (κ1) is 10.8. The Morgan fingerprint density at radius 1 is 1.45 bits per heavy atom. The predicted molar refractivity (Wildman–Crippen MR) is 43.9 cm³/mol. The summed E-state index contributed by atoms with van der Waals surface area (Å²) < 4.78 is 4.97. The first-order valence-electron chi connectivity index (χ1n) is 3.88. The summed E-state index contributed by atoms with van der Waals surface area (Å²) in [5.74, 6) is 0. The van der Waals surface area contributed by atoms with Crippen LogP contribution in [0.15, 0.2) is 0 Å². The summed E-state index contributed by atoms with van der Waals surface area (Å²) in [5.41, 5.74) is 10.1. The molecule has 4 heteroatoms. The van der Waals surface area contributed by atoms with Gasteiger partial charge in [-0.2, -0.15) is 0 Å². The third kappa shape index (κ3) is 3.67. The number of hydrogen-bond donors (Lipinski definition) is 3. The van der Waals surface area contributed by atoms with Gasteiger partial charge in [-0.05, 0) is 13.3 Å². The maximum atomic E-state index is 9.33. The maximum absolute atomic E-state index is 9.33. The van der Waals surface area contributed by atoms with E-state index in [9.17, 15) is 5.11 Å². The molecule has 68 valence electrons. The molecule has 1 unspecified atom stereocenters. The monoisotopic (exact) mass is 162 g/mol. The van der Waals surface area contributed by atoms with Crippen molar-refractivity contribution in [3.05, 3.63) is 0 Å². The molecule has 0 bridgehead atoms. The fraction of sp³-hybridized carbons (Fsp3) is 1.00. The van der Waals surface area contributed by atoms with Crippen molar-refractivity contribution in [2.45, 2.75) is 32.0 Å². The highest BCUT2D eigenvalue weighted by Crippen LogP contribution is 2.04. The lowest BCUT2D eigenvalue weighted by molar-refractivity contribution is -0.00262. The summed E-state index contributed by atoms with van der Waals surface area (Å²) in [7, 11) is 0. The molecule has 0 saturated heterocycles. The normalized spacial score (nSPS) is 15.0. The average molecular weight is 162 g/mol. The molecule has 0 saturated carbocycles. The topological polar surface area (TPSA) is 81.5 Å². The molecule has 0 aliphatic rings. The number of aliphatic hydroxyl groups is 1. The summed E-state index contributed by atoms with van der Waals surface area (Å²) in [4.78, 5) is 0. The second-order valence-corrected chi connectivity index (χ2v) is 2.64. The van der Waals surface area contributed by atoms with Crippen molar-refractivity contribution in [2.24, 2.45) is 11.5 Å². The maximum Gasteiger partial charge on any atom is 0.108 e. The van der Waals surface area contributed by atoms with Crippen molar-refractivity contribution in [3.63, 3.8) is 0 Å². The molecule has 0 spiro atoms. The molecule has 11 heavy (non-hydrogen) atoms. The van der Waals surface area contributed by atoms with Crippen LogP contribution in [0.3, 0.4) is 0 Å². The third-order valence-corrected chi connectivity index (χ3v) is 1.71. The van der Waals surface area contributed by atoms with E-state index in [-0.39, 0.29) is 6.61 Å². The molecule has 0 heterocycles. The summed E-state index contributed by atoms with van der Waals surface area (Å²) >= 11 is 0. The SMILES string of the molecule is CCOCC(O)C(N)(N)CC. The highest BCUT2D eigenvalue weighted by atomic mass is 16.5. The van der Waals surface area contributed by atoms with Gasteiger partial charge < -0.3 is 21.3 Å². The smallest absolute Gasteiger partial charge is 0.108 e. The minimum atomic E-state index is -1.02.